The van der Waals surface area contributed by atoms with E-state index in [-0.39, 0.29) is 11.8 Å². The Labute approximate surface area is 120 Å². The number of rotatable bonds is 4. The number of nitrogens with zero attached hydrogens (tertiary/aromatic N) is 1. The van der Waals surface area contributed by atoms with Gasteiger partial charge in [0, 0.05) is 45.1 Å². The third kappa shape index (κ3) is 5.15. The maximum absolute atomic E-state index is 11.5. The quantitative estimate of drug-likeness (QED) is 0.669. The van der Waals surface area contributed by atoms with E-state index in [1.807, 2.05) is 12.1 Å². The van der Waals surface area contributed by atoms with Gasteiger partial charge in [0.15, 0.2) is 0 Å². The molecule has 1 rings (SSSR count). The van der Waals surface area contributed by atoms with Gasteiger partial charge in [0.05, 0.1) is 0 Å². The Bertz CT molecular complexity index is 541. The minimum Gasteiger partial charge on any atom is -0.355 e. The van der Waals surface area contributed by atoms with Crippen LogP contribution in [0.25, 0.3) is 0 Å². The molecule has 2 amide bonds. The van der Waals surface area contributed by atoms with Crippen molar-refractivity contribution in [3.63, 3.8) is 0 Å². The van der Waals surface area contributed by atoms with E-state index in [1.54, 1.807) is 38.1 Å². The van der Waals surface area contributed by atoms with Crippen molar-refractivity contribution >= 4 is 11.8 Å². The summed E-state index contributed by atoms with van der Waals surface area (Å²) in [6.07, 6.45) is 1.57. The normalized spacial score (nSPS) is 9.35. The van der Waals surface area contributed by atoms with Gasteiger partial charge in [-0.05, 0) is 24.6 Å². The van der Waals surface area contributed by atoms with E-state index in [2.05, 4.69) is 17.2 Å². The van der Waals surface area contributed by atoms with Crippen LogP contribution in [0.3, 0.4) is 0 Å². The molecule has 0 radical (unpaired) electrons. The summed E-state index contributed by atoms with van der Waals surface area (Å²) in [5, 5.41) is 2.58. The topological polar surface area (TPSA) is 49.4 Å². The SMILES string of the molecule is CNC(=O)c1cccc(C#CCCCN(C)C(C)=O)c1. The van der Waals surface area contributed by atoms with Crippen molar-refractivity contribution in [3.05, 3.63) is 35.4 Å². The molecule has 0 fully saturated rings. The van der Waals surface area contributed by atoms with Crippen LogP contribution < -0.4 is 5.32 Å². The van der Waals surface area contributed by atoms with Crippen molar-refractivity contribution < 1.29 is 9.59 Å². The minimum atomic E-state index is -0.114. The molecule has 0 heterocycles. The molecule has 1 aromatic rings. The molecule has 0 aliphatic carbocycles. The number of nitrogens with one attached hydrogen (secondary N) is 1. The zero-order valence-corrected chi connectivity index (χ0v) is 12.2. The van der Waals surface area contributed by atoms with Crippen LogP contribution in [0, 0.1) is 11.8 Å². The molecule has 106 valence electrons. The highest BCUT2D eigenvalue weighted by Gasteiger charge is 2.02. The molecule has 0 saturated carbocycles. The summed E-state index contributed by atoms with van der Waals surface area (Å²) in [6.45, 7) is 2.26. The van der Waals surface area contributed by atoms with Crippen LogP contribution in [0.1, 0.15) is 35.7 Å². The van der Waals surface area contributed by atoms with Gasteiger partial charge >= 0.3 is 0 Å². The van der Waals surface area contributed by atoms with Gasteiger partial charge in [-0.1, -0.05) is 17.9 Å². The molecule has 0 aromatic heterocycles. The molecule has 0 saturated heterocycles. The van der Waals surface area contributed by atoms with E-state index in [4.69, 9.17) is 0 Å². The van der Waals surface area contributed by atoms with E-state index < -0.39 is 0 Å². The predicted octanol–water partition coefficient (Wildman–Crippen LogP) is 1.66. The highest BCUT2D eigenvalue weighted by atomic mass is 16.2. The van der Waals surface area contributed by atoms with Crippen molar-refractivity contribution in [2.75, 3.05) is 20.6 Å². The van der Waals surface area contributed by atoms with E-state index in [1.165, 1.54) is 0 Å². The Balaban J connectivity index is 2.51. The summed E-state index contributed by atoms with van der Waals surface area (Å²) in [5.74, 6) is 6.05. The fourth-order valence-electron chi connectivity index (χ4n) is 1.61. The van der Waals surface area contributed by atoms with Gasteiger partial charge in [0.1, 0.15) is 0 Å². The van der Waals surface area contributed by atoms with Crippen LogP contribution in [-0.4, -0.2) is 37.4 Å². The lowest BCUT2D eigenvalue weighted by molar-refractivity contribution is -0.127. The molecule has 0 spiro atoms. The first-order chi connectivity index (χ1) is 9.54. The number of amides is 2. The Morgan fingerprint density at radius 1 is 1.35 bits per heavy atom. The van der Waals surface area contributed by atoms with Gasteiger partial charge in [-0.3, -0.25) is 9.59 Å². The molecular formula is C16H20N2O2. The second kappa shape index (κ2) is 8.00. The summed E-state index contributed by atoms with van der Waals surface area (Å²) in [4.78, 5) is 24.2. The molecule has 0 aliphatic heterocycles. The maximum Gasteiger partial charge on any atom is 0.251 e. The lowest BCUT2D eigenvalue weighted by Gasteiger charge is -2.12. The van der Waals surface area contributed by atoms with Crippen molar-refractivity contribution in [1.82, 2.24) is 10.2 Å². The molecule has 4 heteroatoms. The van der Waals surface area contributed by atoms with Gasteiger partial charge in [-0.15, -0.1) is 0 Å². The lowest BCUT2D eigenvalue weighted by Crippen LogP contribution is -2.24. The number of benzene rings is 1. The summed E-state index contributed by atoms with van der Waals surface area (Å²) >= 11 is 0. The standard InChI is InChI=1S/C16H20N2O2/c1-13(19)18(3)11-6-4-5-8-14-9-7-10-15(12-14)16(20)17-2/h7,9-10,12H,4,6,11H2,1-3H3,(H,17,20). The molecule has 20 heavy (non-hydrogen) atoms. The molecule has 0 atom stereocenters. The summed E-state index contributed by atoms with van der Waals surface area (Å²) in [7, 11) is 3.38. The van der Waals surface area contributed by atoms with Crippen molar-refractivity contribution in [1.29, 1.82) is 0 Å². The number of hydrogen-bond donors (Lipinski definition) is 1. The number of unbranched alkanes of at least 4 members (excludes halogenated alkanes) is 1. The van der Waals surface area contributed by atoms with Gasteiger partial charge < -0.3 is 10.2 Å². The highest BCUT2D eigenvalue weighted by Crippen LogP contribution is 2.04. The average Bonchev–Trinajstić information content (AvgIpc) is 2.46. The zero-order valence-electron chi connectivity index (χ0n) is 12.2. The Morgan fingerprint density at radius 2 is 2.10 bits per heavy atom. The monoisotopic (exact) mass is 272 g/mol. The first-order valence-electron chi connectivity index (χ1n) is 6.57. The molecule has 4 nitrogen and oxygen atoms in total. The van der Waals surface area contributed by atoms with Crippen LogP contribution in [-0.2, 0) is 4.79 Å². The highest BCUT2D eigenvalue weighted by molar-refractivity contribution is 5.94. The second-order valence-corrected chi connectivity index (χ2v) is 4.51. The first kappa shape index (κ1) is 15.8. The molecule has 0 aliphatic rings. The van der Waals surface area contributed by atoms with E-state index in [0.717, 1.165) is 18.4 Å². The number of carbonyl (C=O) groups excluding carboxylic acids is 2. The molecular weight excluding hydrogens is 252 g/mol. The predicted molar refractivity (Wildman–Crippen MR) is 79.3 cm³/mol. The van der Waals surface area contributed by atoms with Gasteiger partial charge in [-0.25, -0.2) is 0 Å². The lowest BCUT2D eigenvalue weighted by atomic mass is 10.1. The van der Waals surface area contributed by atoms with Gasteiger partial charge in [0.25, 0.3) is 5.91 Å². The van der Waals surface area contributed by atoms with E-state index in [0.29, 0.717) is 12.1 Å². The number of carbonyl (C=O) groups is 2. The first-order valence-corrected chi connectivity index (χ1v) is 6.57. The van der Waals surface area contributed by atoms with Crippen LogP contribution in [0.2, 0.25) is 0 Å². The fourth-order valence-corrected chi connectivity index (χ4v) is 1.61. The Hall–Kier alpha value is -2.28. The van der Waals surface area contributed by atoms with E-state index in [9.17, 15) is 9.59 Å². The zero-order chi connectivity index (χ0) is 15.0. The smallest absolute Gasteiger partial charge is 0.251 e. The Kier molecular flexibility index (Phi) is 6.31. The van der Waals surface area contributed by atoms with Crippen molar-refractivity contribution in [3.8, 4) is 11.8 Å². The minimum absolute atomic E-state index is 0.0660. The second-order valence-electron chi connectivity index (χ2n) is 4.51. The third-order valence-electron chi connectivity index (χ3n) is 2.92. The van der Waals surface area contributed by atoms with E-state index >= 15 is 0 Å². The van der Waals surface area contributed by atoms with Crippen LogP contribution in [0.4, 0.5) is 0 Å². The van der Waals surface area contributed by atoms with Gasteiger partial charge in [0.2, 0.25) is 5.91 Å². The largest absolute Gasteiger partial charge is 0.355 e. The van der Waals surface area contributed by atoms with Crippen LogP contribution in [0.5, 0.6) is 0 Å². The van der Waals surface area contributed by atoms with Crippen molar-refractivity contribution in [2.24, 2.45) is 0 Å². The summed E-state index contributed by atoms with van der Waals surface area (Å²) in [6, 6.07) is 7.22. The maximum atomic E-state index is 11.5. The van der Waals surface area contributed by atoms with Crippen LogP contribution >= 0.6 is 0 Å². The third-order valence-corrected chi connectivity index (χ3v) is 2.92. The summed E-state index contributed by atoms with van der Waals surface area (Å²) < 4.78 is 0. The molecule has 0 unspecified atom stereocenters. The summed E-state index contributed by atoms with van der Waals surface area (Å²) in [5.41, 5.74) is 1.43. The molecule has 1 aromatic carbocycles. The molecule has 0 bridgehead atoms. The average molecular weight is 272 g/mol. The van der Waals surface area contributed by atoms with Crippen LogP contribution in [0.15, 0.2) is 24.3 Å². The van der Waals surface area contributed by atoms with Crippen molar-refractivity contribution in [2.45, 2.75) is 19.8 Å². The molecule has 1 N–H and O–H groups in total. The Morgan fingerprint density at radius 3 is 2.75 bits per heavy atom. The van der Waals surface area contributed by atoms with Gasteiger partial charge in [-0.2, -0.15) is 0 Å². The fraction of sp³-hybridized carbons (Fsp3) is 0.375. The number of hydrogen-bond acceptors (Lipinski definition) is 2.